The molecule has 0 radical (unpaired) electrons. The van der Waals surface area contributed by atoms with E-state index in [1.165, 1.54) is 12.1 Å². The summed E-state index contributed by atoms with van der Waals surface area (Å²) in [5.74, 6) is -0.376. The van der Waals surface area contributed by atoms with Crippen LogP contribution >= 0.6 is 15.9 Å². The van der Waals surface area contributed by atoms with Crippen molar-refractivity contribution < 1.29 is 8.78 Å². The summed E-state index contributed by atoms with van der Waals surface area (Å²) in [6, 6.07) is 2.60. The molecule has 1 atom stereocenters. The van der Waals surface area contributed by atoms with E-state index in [2.05, 4.69) is 40.0 Å². The van der Waals surface area contributed by atoms with Crippen molar-refractivity contribution in [1.29, 1.82) is 0 Å². The van der Waals surface area contributed by atoms with E-state index in [4.69, 9.17) is 0 Å². The van der Waals surface area contributed by atoms with Crippen molar-refractivity contribution in [3.8, 4) is 0 Å². The standard InChI is InChI=1S/C16H23BrF2N2/c1-11(2)3-6-14(21-9-7-20-8-10-21)15-13(18)5-4-12(17)16(15)19/h4-5,11,14,20H,3,6-10H2,1-2H3/t14-/m1/s1. The monoisotopic (exact) mass is 360 g/mol. The first-order chi connectivity index (χ1) is 10.0. The van der Waals surface area contributed by atoms with Crippen LogP contribution in [-0.2, 0) is 0 Å². The predicted octanol–water partition coefficient (Wildman–Crippen LogP) is 4.11. The summed E-state index contributed by atoms with van der Waals surface area (Å²) in [6.45, 7) is 7.68. The fraction of sp³-hybridized carbons (Fsp3) is 0.625. The van der Waals surface area contributed by atoms with Crippen molar-refractivity contribution in [1.82, 2.24) is 10.2 Å². The lowest BCUT2D eigenvalue weighted by atomic mass is 9.95. The lowest BCUT2D eigenvalue weighted by molar-refractivity contribution is 0.153. The number of benzene rings is 1. The maximum absolute atomic E-state index is 14.5. The minimum Gasteiger partial charge on any atom is -0.314 e. The predicted molar refractivity (Wildman–Crippen MR) is 85.3 cm³/mol. The lowest BCUT2D eigenvalue weighted by Crippen LogP contribution is -2.45. The summed E-state index contributed by atoms with van der Waals surface area (Å²) >= 11 is 3.18. The average Bonchev–Trinajstić information content (AvgIpc) is 2.47. The zero-order valence-corrected chi connectivity index (χ0v) is 14.2. The summed E-state index contributed by atoms with van der Waals surface area (Å²) in [5, 5.41) is 3.29. The Hall–Kier alpha value is -0.520. The van der Waals surface area contributed by atoms with Crippen molar-refractivity contribution in [2.24, 2.45) is 5.92 Å². The molecule has 0 amide bonds. The number of rotatable bonds is 5. The average molecular weight is 361 g/mol. The summed E-state index contributed by atoms with van der Waals surface area (Å²) in [4.78, 5) is 2.20. The fourth-order valence-electron chi connectivity index (χ4n) is 2.84. The molecular formula is C16H23BrF2N2. The van der Waals surface area contributed by atoms with Crippen molar-refractivity contribution >= 4 is 15.9 Å². The lowest BCUT2D eigenvalue weighted by Gasteiger charge is -2.36. The Labute approximate surface area is 134 Å². The van der Waals surface area contributed by atoms with Crippen LogP contribution in [0.15, 0.2) is 16.6 Å². The first-order valence-electron chi connectivity index (χ1n) is 7.59. The van der Waals surface area contributed by atoms with Crippen LogP contribution in [0.5, 0.6) is 0 Å². The number of hydrogen-bond donors (Lipinski definition) is 1. The number of hydrogen-bond acceptors (Lipinski definition) is 2. The van der Waals surface area contributed by atoms with Crippen LogP contribution in [0.3, 0.4) is 0 Å². The molecule has 21 heavy (non-hydrogen) atoms. The van der Waals surface area contributed by atoms with E-state index in [1.54, 1.807) is 0 Å². The number of nitrogens with one attached hydrogen (secondary N) is 1. The van der Waals surface area contributed by atoms with Crippen molar-refractivity contribution in [2.45, 2.75) is 32.7 Å². The van der Waals surface area contributed by atoms with Crippen LogP contribution in [0, 0.1) is 17.6 Å². The zero-order valence-electron chi connectivity index (χ0n) is 12.6. The Kier molecular flexibility index (Phi) is 6.14. The van der Waals surface area contributed by atoms with E-state index in [0.29, 0.717) is 10.4 Å². The van der Waals surface area contributed by atoms with Gasteiger partial charge < -0.3 is 5.32 Å². The molecule has 2 nitrogen and oxygen atoms in total. The zero-order chi connectivity index (χ0) is 15.4. The minimum absolute atomic E-state index is 0.188. The SMILES string of the molecule is CC(C)CC[C@H](c1c(F)ccc(Br)c1F)N1CCNCC1. The van der Waals surface area contributed by atoms with Crippen molar-refractivity contribution in [2.75, 3.05) is 26.2 Å². The molecule has 0 saturated carbocycles. The fourth-order valence-corrected chi connectivity index (χ4v) is 3.19. The minimum atomic E-state index is -0.456. The second kappa shape index (κ2) is 7.65. The summed E-state index contributed by atoms with van der Waals surface area (Å²) in [5.41, 5.74) is 0.215. The molecule has 1 aromatic rings. The highest BCUT2D eigenvalue weighted by Gasteiger charge is 2.28. The third-order valence-electron chi connectivity index (χ3n) is 4.02. The van der Waals surface area contributed by atoms with Gasteiger partial charge in [0.1, 0.15) is 11.6 Å². The molecule has 118 valence electrons. The Morgan fingerprint density at radius 3 is 2.48 bits per heavy atom. The van der Waals surface area contributed by atoms with E-state index in [9.17, 15) is 8.78 Å². The van der Waals surface area contributed by atoms with Crippen molar-refractivity contribution in [3.63, 3.8) is 0 Å². The number of piperazine rings is 1. The first-order valence-corrected chi connectivity index (χ1v) is 8.38. The Bertz CT molecular complexity index is 474. The van der Waals surface area contributed by atoms with E-state index in [0.717, 1.165) is 39.0 Å². The van der Waals surface area contributed by atoms with Crippen LogP contribution in [0.1, 0.15) is 38.3 Å². The molecular weight excluding hydrogens is 338 g/mol. The Morgan fingerprint density at radius 1 is 1.19 bits per heavy atom. The summed E-state index contributed by atoms with van der Waals surface area (Å²) in [7, 11) is 0. The van der Waals surface area contributed by atoms with Gasteiger partial charge in [-0.15, -0.1) is 0 Å². The molecule has 1 fully saturated rings. The maximum Gasteiger partial charge on any atom is 0.145 e. The van der Waals surface area contributed by atoms with E-state index in [-0.39, 0.29) is 11.6 Å². The molecule has 1 aliphatic heterocycles. The summed E-state index contributed by atoms with van der Waals surface area (Å²) in [6.07, 6.45) is 1.74. The second-order valence-electron chi connectivity index (χ2n) is 6.03. The molecule has 0 spiro atoms. The highest BCUT2D eigenvalue weighted by Crippen LogP contribution is 2.34. The maximum atomic E-state index is 14.5. The van der Waals surface area contributed by atoms with Gasteiger partial charge in [-0.3, -0.25) is 4.90 Å². The van der Waals surface area contributed by atoms with Gasteiger partial charge in [-0.2, -0.15) is 0 Å². The third-order valence-corrected chi connectivity index (χ3v) is 4.63. The first kappa shape index (κ1) is 16.8. The number of nitrogens with zero attached hydrogens (tertiary/aromatic N) is 1. The molecule has 1 aliphatic rings. The van der Waals surface area contributed by atoms with Crippen LogP contribution < -0.4 is 5.32 Å². The van der Waals surface area contributed by atoms with Crippen LogP contribution in [-0.4, -0.2) is 31.1 Å². The second-order valence-corrected chi connectivity index (χ2v) is 6.88. The van der Waals surface area contributed by atoms with Crippen LogP contribution in [0.2, 0.25) is 0 Å². The third kappa shape index (κ3) is 4.24. The van der Waals surface area contributed by atoms with Gasteiger partial charge >= 0.3 is 0 Å². The van der Waals surface area contributed by atoms with Gasteiger partial charge in [0.05, 0.1) is 4.47 Å². The van der Waals surface area contributed by atoms with Gasteiger partial charge in [-0.25, -0.2) is 8.78 Å². The van der Waals surface area contributed by atoms with Gasteiger partial charge in [-0.05, 0) is 46.8 Å². The highest BCUT2D eigenvalue weighted by molar-refractivity contribution is 9.10. The van der Waals surface area contributed by atoms with Gasteiger partial charge in [0, 0.05) is 37.8 Å². The van der Waals surface area contributed by atoms with Gasteiger partial charge in [0.15, 0.2) is 0 Å². The normalized spacial score (nSPS) is 18.2. The Balaban J connectivity index is 2.31. The van der Waals surface area contributed by atoms with Gasteiger partial charge in [0.2, 0.25) is 0 Å². The molecule has 5 heteroatoms. The van der Waals surface area contributed by atoms with Crippen LogP contribution in [0.4, 0.5) is 8.78 Å². The molecule has 1 N–H and O–H groups in total. The molecule has 0 bridgehead atoms. The number of halogens is 3. The molecule has 2 rings (SSSR count). The van der Waals surface area contributed by atoms with Crippen molar-refractivity contribution in [3.05, 3.63) is 33.8 Å². The molecule has 1 saturated heterocycles. The summed E-state index contributed by atoms with van der Waals surface area (Å²) < 4.78 is 29.1. The van der Waals surface area contributed by atoms with Crippen LogP contribution in [0.25, 0.3) is 0 Å². The highest BCUT2D eigenvalue weighted by atomic mass is 79.9. The quantitative estimate of drug-likeness (QED) is 0.794. The smallest absolute Gasteiger partial charge is 0.145 e. The van der Waals surface area contributed by atoms with E-state index < -0.39 is 11.6 Å². The molecule has 1 aromatic carbocycles. The van der Waals surface area contributed by atoms with Gasteiger partial charge in [0.25, 0.3) is 0 Å². The molecule has 0 unspecified atom stereocenters. The van der Waals surface area contributed by atoms with Gasteiger partial charge in [-0.1, -0.05) is 13.8 Å². The molecule has 0 aliphatic carbocycles. The molecule has 0 aromatic heterocycles. The molecule has 1 heterocycles. The van der Waals surface area contributed by atoms with E-state index >= 15 is 0 Å². The largest absolute Gasteiger partial charge is 0.314 e. The Morgan fingerprint density at radius 2 is 1.86 bits per heavy atom. The van der Waals surface area contributed by atoms with E-state index in [1.807, 2.05) is 0 Å². The topological polar surface area (TPSA) is 15.3 Å².